The highest BCUT2D eigenvalue weighted by Crippen LogP contribution is 2.34. The van der Waals surface area contributed by atoms with E-state index >= 15 is 0 Å². The highest BCUT2D eigenvalue weighted by molar-refractivity contribution is 5.88. The first-order valence-electron chi connectivity index (χ1n) is 9.89. The molecule has 0 unspecified atom stereocenters. The number of H-pyrrole nitrogens is 1. The van der Waals surface area contributed by atoms with Crippen LogP contribution in [0.3, 0.4) is 0 Å². The Hall–Kier alpha value is -2.66. The van der Waals surface area contributed by atoms with E-state index in [1.807, 2.05) is 12.1 Å². The number of fused-ring (bicyclic) bond motifs is 3. The molecular formula is C23H26FN3O. The Bertz CT molecular complexity index is 977. The van der Waals surface area contributed by atoms with E-state index in [-0.39, 0.29) is 23.8 Å². The van der Waals surface area contributed by atoms with Crippen LogP contribution in [0.15, 0.2) is 48.5 Å². The standard InChI is InChI=1S/C23H26FN3O/c1-14(2)11-20-22-18(17-5-3-4-6-19(17)27-22)12-21(26-20)23(28)25-13-15-7-9-16(24)10-8-15/h3-10,14,20-21,26-27H,11-13H2,1-2H3,(H,25,28)/t20-,21-/m0/s1. The molecule has 4 nitrogen and oxygen atoms in total. The summed E-state index contributed by atoms with van der Waals surface area (Å²) in [5, 5.41) is 7.74. The van der Waals surface area contributed by atoms with Gasteiger partial charge in [-0.25, -0.2) is 4.39 Å². The Morgan fingerprint density at radius 3 is 2.68 bits per heavy atom. The number of para-hydroxylation sites is 1. The molecule has 2 atom stereocenters. The zero-order valence-electron chi connectivity index (χ0n) is 16.3. The lowest BCUT2D eigenvalue weighted by atomic mass is 9.89. The number of amides is 1. The molecule has 0 bridgehead atoms. The van der Waals surface area contributed by atoms with Gasteiger partial charge in [-0.15, -0.1) is 0 Å². The van der Waals surface area contributed by atoms with Crippen molar-refractivity contribution in [1.82, 2.24) is 15.6 Å². The molecule has 0 radical (unpaired) electrons. The maximum absolute atomic E-state index is 13.1. The number of hydrogen-bond donors (Lipinski definition) is 3. The Labute approximate surface area is 164 Å². The lowest BCUT2D eigenvalue weighted by Crippen LogP contribution is -2.49. The number of benzene rings is 2. The van der Waals surface area contributed by atoms with Gasteiger partial charge in [-0.1, -0.05) is 44.2 Å². The predicted molar refractivity (Wildman–Crippen MR) is 109 cm³/mol. The largest absolute Gasteiger partial charge is 0.357 e. The van der Waals surface area contributed by atoms with Gasteiger partial charge in [-0.05, 0) is 48.1 Å². The zero-order chi connectivity index (χ0) is 19.7. The second-order valence-electron chi connectivity index (χ2n) is 8.01. The topological polar surface area (TPSA) is 56.9 Å². The summed E-state index contributed by atoms with van der Waals surface area (Å²) in [5.74, 6) is 0.221. The van der Waals surface area contributed by atoms with Crippen molar-refractivity contribution in [2.75, 3.05) is 0 Å². The number of aromatic amines is 1. The van der Waals surface area contributed by atoms with Crippen molar-refractivity contribution in [3.63, 3.8) is 0 Å². The van der Waals surface area contributed by atoms with Crippen molar-refractivity contribution in [2.45, 2.75) is 45.3 Å². The Balaban J connectivity index is 1.55. The molecule has 1 amide bonds. The monoisotopic (exact) mass is 379 g/mol. The van der Waals surface area contributed by atoms with Crippen LogP contribution in [0.4, 0.5) is 4.39 Å². The quantitative estimate of drug-likeness (QED) is 0.621. The van der Waals surface area contributed by atoms with Crippen LogP contribution in [-0.4, -0.2) is 16.9 Å². The Morgan fingerprint density at radius 1 is 1.18 bits per heavy atom. The second-order valence-corrected chi connectivity index (χ2v) is 8.01. The lowest BCUT2D eigenvalue weighted by Gasteiger charge is -2.31. The van der Waals surface area contributed by atoms with Gasteiger partial charge < -0.3 is 10.3 Å². The van der Waals surface area contributed by atoms with Crippen molar-refractivity contribution in [1.29, 1.82) is 0 Å². The van der Waals surface area contributed by atoms with E-state index in [1.165, 1.54) is 28.8 Å². The molecule has 146 valence electrons. The van der Waals surface area contributed by atoms with Crippen molar-refractivity contribution >= 4 is 16.8 Å². The molecule has 0 aliphatic carbocycles. The molecule has 1 aliphatic rings. The molecule has 0 saturated heterocycles. The number of halogens is 1. The number of hydrogen-bond acceptors (Lipinski definition) is 2. The van der Waals surface area contributed by atoms with Gasteiger partial charge >= 0.3 is 0 Å². The number of nitrogens with one attached hydrogen (secondary N) is 3. The maximum atomic E-state index is 13.1. The number of carbonyl (C=O) groups excluding carboxylic acids is 1. The van der Waals surface area contributed by atoms with Crippen LogP contribution in [0.2, 0.25) is 0 Å². The second kappa shape index (κ2) is 7.76. The molecular weight excluding hydrogens is 353 g/mol. The van der Waals surface area contributed by atoms with E-state index in [9.17, 15) is 9.18 Å². The molecule has 1 aliphatic heterocycles. The van der Waals surface area contributed by atoms with Crippen molar-refractivity contribution in [2.24, 2.45) is 5.92 Å². The van der Waals surface area contributed by atoms with Crippen LogP contribution in [0, 0.1) is 11.7 Å². The lowest BCUT2D eigenvalue weighted by molar-refractivity contribution is -0.123. The fourth-order valence-corrected chi connectivity index (χ4v) is 4.07. The first kappa shape index (κ1) is 18.7. The number of carbonyl (C=O) groups is 1. The molecule has 1 aromatic heterocycles. The molecule has 5 heteroatoms. The molecule has 2 aromatic carbocycles. The molecule has 4 rings (SSSR count). The van der Waals surface area contributed by atoms with E-state index < -0.39 is 0 Å². The maximum Gasteiger partial charge on any atom is 0.237 e. The van der Waals surface area contributed by atoms with E-state index in [0.29, 0.717) is 18.9 Å². The van der Waals surface area contributed by atoms with Crippen LogP contribution in [0.25, 0.3) is 10.9 Å². The molecule has 0 saturated carbocycles. The average molecular weight is 379 g/mol. The summed E-state index contributed by atoms with van der Waals surface area (Å²) in [5.41, 5.74) is 4.45. The minimum Gasteiger partial charge on any atom is -0.357 e. The summed E-state index contributed by atoms with van der Waals surface area (Å²) >= 11 is 0. The molecule has 2 heterocycles. The first-order valence-corrected chi connectivity index (χ1v) is 9.89. The minimum atomic E-state index is -0.282. The summed E-state index contributed by atoms with van der Waals surface area (Å²) in [4.78, 5) is 16.4. The van der Waals surface area contributed by atoms with E-state index in [2.05, 4.69) is 41.6 Å². The summed E-state index contributed by atoms with van der Waals surface area (Å²) in [6, 6.07) is 14.3. The third-order valence-corrected chi connectivity index (χ3v) is 5.41. The zero-order valence-corrected chi connectivity index (χ0v) is 16.3. The van der Waals surface area contributed by atoms with E-state index in [4.69, 9.17) is 0 Å². The molecule has 3 N–H and O–H groups in total. The van der Waals surface area contributed by atoms with E-state index in [0.717, 1.165) is 17.5 Å². The van der Waals surface area contributed by atoms with Crippen LogP contribution in [0.5, 0.6) is 0 Å². The first-order chi connectivity index (χ1) is 13.5. The van der Waals surface area contributed by atoms with Gasteiger partial charge in [-0.2, -0.15) is 0 Å². The third-order valence-electron chi connectivity index (χ3n) is 5.41. The summed E-state index contributed by atoms with van der Waals surface area (Å²) < 4.78 is 13.1. The van der Waals surface area contributed by atoms with Gasteiger partial charge in [-0.3, -0.25) is 10.1 Å². The van der Waals surface area contributed by atoms with Gasteiger partial charge in [0.05, 0.1) is 6.04 Å². The smallest absolute Gasteiger partial charge is 0.237 e. The van der Waals surface area contributed by atoms with Gasteiger partial charge in [0.15, 0.2) is 0 Å². The molecule has 0 spiro atoms. The van der Waals surface area contributed by atoms with Crippen LogP contribution in [-0.2, 0) is 17.8 Å². The Morgan fingerprint density at radius 2 is 1.93 bits per heavy atom. The molecule has 3 aromatic rings. The van der Waals surface area contributed by atoms with Crippen LogP contribution in [0.1, 0.15) is 43.1 Å². The number of rotatable bonds is 5. The van der Waals surface area contributed by atoms with Crippen LogP contribution >= 0.6 is 0 Å². The average Bonchev–Trinajstić information content (AvgIpc) is 3.06. The van der Waals surface area contributed by atoms with Gasteiger partial charge in [0, 0.05) is 29.2 Å². The summed E-state index contributed by atoms with van der Waals surface area (Å²) in [7, 11) is 0. The highest BCUT2D eigenvalue weighted by atomic mass is 19.1. The Kier molecular flexibility index (Phi) is 5.18. The third kappa shape index (κ3) is 3.80. The van der Waals surface area contributed by atoms with E-state index in [1.54, 1.807) is 12.1 Å². The van der Waals surface area contributed by atoms with Gasteiger partial charge in [0.25, 0.3) is 0 Å². The summed E-state index contributed by atoms with van der Waals surface area (Å²) in [6.45, 7) is 4.79. The normalized spacial score (nSPS) is 19.0. The minimum absolute atomic E-state index is 0.0194. The molecule has 0 fully saturated rings. The van der Waals surface area contributed by atoms with Gasteiger partial charge in [0.2, 0.25) is 5.91 Å². The molecule has 28 heavy (non-hydrogen) atoms. The summed E-state index contributed by atoms with van der Waals surface area (Å²) in [6.07, 6.45) is 1.62. The van der Waals surface area contributed by atoms with Gasteiger partial charge in [0.1, 0.15) is 5.82 Å². The fraction of sp³-hybridized carbons (Fsp3) is 0.348. The highest BCUT2D eigenvalue weighted by Gasteiger charge is 2.33. The number of aromatic nitrogens is 1. The predicted octanol–water partition coefficient (Wildman–Crippen LogP) is 4.22. The van der Waals surface area contributed by atoms with Crippen LogP contribution < -0.4 is 10.6 Å². The van der Waals surface area contributed by atoms with Crippen molar-refractivity contribution in [3.8, 4) is 0 Å². The SMILES string of the molecule is CC(C)C[C@@H]1N[C@H](C(=O)NCc2ccc(F)cc2)Cc2c1[nH]c1ccccc21. The van der Waals surface area contributed by atoms with Crippen molar-refractivity contribution < 1.29 is 9.18 Å². The van der Waals surface area contributed by atoms with Crippen molar-refractivity contribution in [3.05, 3.63) is 71.2 Å². The fourth-order valence-electron chi connectivity index (χ4n) is 4.07.